The van der Waals surface area contributed by atoms with Crippen LogP contribution in [0.5, 0.6) is 0 Å². The Balaban J connectivity index is 0.000000791. The largest absolute Gasteiger partial charge is 0.366 e. The Bertz CT molecular complexity index is 269. The normalized spacial score (nSPS) is 8.79. The zero-order valence-electron chi connectivity index (χ0n) is 8.59. The predicted octanol–water partition coefficient (Wildman–Crippen LogP) is 2.32. The number of hydrogen-bond donors (Lipinski definition) is 1. The Morgan fingerprint density at radius 3 is 2.14 bits per heavy atom. The highest BCUT2D eigenvalue weighted by molar-refractivity contribution is 5.92. The van der Waals surface area contributed by atoms with Gasteiger partial charge in [0.15, 0.2) is 0 Å². The third kappa shape index (κ3) is 4.03. The number of benzene rings is 1. The number of hydrogen-bond acceptors (Lipinski definition) is 1. The van der Waals surface area contributed by atoms with E-state index >= 15 is 0 Å². The lowest BCUT2D eigenvalue weighted by molar-refractivity contribution is 0.100. The topological polar surface area (TPSA) is 43.1 Å². The predicted molar refractivity (Wildman–Crippen MR) is 56.0 cm³/mol. The monoisotopic (exact) mass is 197 g/mol. The molecule has 0 aromatic heterocycles. The molecule has 1 rings (SSSR count). The molecule has 0 atom stereocenters. The average Bonchev–Trinajstić information content (AvgIpc) is 2.22. The summed E-state index contributed by atoms with van der Waals surface area (Å²) in [5.41, 5.74) is 6.36. The van der Waals surface area contributed by atoms with Crippen molar-refractivity contribution in [2.24, 2.45) is 5.73 Å². The van der Waals surface area contributed by atoms with Crippen molar-refractivity contribution in [3.05, 3.63) is 35.4 Å². The number of rotatable bonds is 3. The van der Waals surface area contributed by atoms with Gasteiger partial charge >= 0.3 is 0 Å². The molecular weight excluding hydrogens is 181 g/mol. The quantitative estimate of drug-likeness (QED) is 0.794. The summed E-state index contributed by atoms with van der Waals surface area (Å²) in [5.74, 6) is -0.457. The number of alkyl halides is 1. The SMILES string of the molecule is CC.NC(=O)c1ccc(CCF)cc1. The van der Waals surface area contributed by atoms with Crippen LogP contribution in [0.2, 0.25) is 0 Å². The smallest absolute Gasteiger partial charge is 0.248 e. The van der Waals surface area contributed by atoms with Crippen LogP contribution in [0.3, 0.4) is 0 Å². The molecule has 2 N–H and O–H groups in total. The molecule has 0 fully saturated rings. The van der Waals surface area contributed by atoms with Crippen LogP contribution in [0.25, 0.3) is 0 Å². The lowest BCUT2D eigenvalue weighted by Gasteiger charge is -1.97. The highest BCUT2D eigenvalue weighted by atomic mass is 19.1. The lowest BCUT2D eigenvalue weighted by Crippen LogP contribution is -2.10. The van der Waals surface area contributed by atoms with Gasteiger partial charge in [0.1, 0.15) is 0 Å². The van der Waals surface area contributed by atoms with E-state index in [0.717, 1.165) is 5.56 Å². The number of halogens is 1. The maximum atomic E-state index is 11.8. The van der Waals surface area contributed by atoms with Crippen molar-refractivity contribution < 1.29 is 9.18 Å². The van der Waals surface area contributed by atoms with Gasteiger partial charge in [-0.2, -0.15) is 0 Å². The van der Waals surface area contributed by atoms with Gasteiger partial charge in [0, 0.05) is 12.0 Å². The van der Waals surface area contributed by atoms with Crippen molar-refractivity contribution in [2.75, 3.05) is 6.67 Å². The van der Waals surface area contributed by atoms with Crippen LogP contribution in [0.15, 0.2) is 24.3 Å². The Hall–Kier alpha value is -1.38. The molecule has 0 aliphatic heterocycles. The van der Waals surface area contributed by atoms with E-state index in [2.05, 4.69) is 0 Å². The molecule has 1 amide bonds. The maximum absolute atomic E-state index is 11.8. The number of primary amides is 1. The van der Waals surface area contributed by atoms with E-state index in [-0.39, 0.29) is 6.67 Å². The van der Waals surface area contributed by atoms with Gasteiger partial charge < -0.3 is 5.73 Å². The molecule has 0 saturated heterocycles. The standard InChI is InChI=1S/C9H10FNO.C2H6/c10-6-5-7-1-3-8(4-2-7)9(11)12;1-2/h1-4H,5-6H2,(H2,11,12);1-2H3. The molecule has 0 unspecified atom stereocenters. The van der Waals surface area contributed by atoms with Crippen molar-refractivity contribution >= 4 is 5.91 Å². The maximum Gasteiger partial charge on any atom is 0.248 e. The first-order valence-electron chi connectivity index (χ1n) is 4.68. The third-order valence-electron chi connectivity index (χ3n) is 1.62. The first-order chi connectivity index (χ1) is 6.74. The van der Waals surface area contributed by atoms with Gasteiger partial charge in [-0.1, -0.05) is 26.0 Å². The Morgan fingerprint density at radius 2 is 1.79 bits per heavy atom. The third-order valence-corrected chi connectivity index (χ3v) is 1.62. The zero-order valence-corrected chi connectivity index (χ0v) is 8.59. The minimum atomic E-state index is -0.457. The minimum absolute atomic E-state index is 0.379. The van der Waals surface area contributed by atoms with Gasteiger partial charge in [-0.15, -0.1) is 0 Å². The van der Waals surface area contributed by atoms with Gasteiger partial charge in [0.2, 0.25) is 5.91 Å². The summed E-state index contributed by atoms with van der Waals surface area (Å²) in [4.78, 5) is 10.6. The second-order valence-electron chi connectivity index (χ2n) is 2.50. The van der Waals surface area contributed by atoms with Gasteiger partial charge in [-0.25, -0.2) is 0 Å². The number of carbonyl (C=O) groups is 1. The van der Waals surface area contributed by atoms with Crippen LogP contribution in [-0.2, 0) is 6.42 Å². The Kier molecular flexibility index (Phi) is 6.37. The fourth-order valence-electron chi connectivity index (χ4n) is 0.945. The Labute approximate surface area is 83.9 Å². The van der Waals surface area contributed by atoms with Gasteiger partial charge in [-0.05, 0) is 17.7 Å². The lowest BCUT2D eigenvalue weighted by atomic mass is 10.1. The Morgan fingerprint density at radius 1 is 1.29 bits per heavy atom. The molecule has 2 nitrogen and oxygen atoms in total. The van der Waals surface area contributed by atoms with Crippen LogP contribution < -0.4 is 5.73 Å². The van der Waals surface area contributed by atoms with Crippen LogP contribution in [0, 0.1) is 0 Å². The van der Waals surface area contributed by atoms with Crippen molar-refractivity contribution in [1.29, 1.82) is 0 Å². The number of aryl methyl sites for hydroxylation is 1. The number of nitrogens with two attached hydrogens (primary N) is 1. The molecule has 0 spiro atoms. The number of carbonyl (C=O) groups excluding carboxylic acids is 1. The van der Waals surface area contributed by atoms with Crippen LogP contribution >= 0.6 is 0 Å². The van der Waals surface area contributed by atoms with Gasteiger partial charge in [-0.3, -0.25) is 9.18 Å². The molecule has 0 bridgehead atoms. The molecule has 0 aliphatic carbocycles. The van der Waals surface area contributed by atoms with E-state index in [0.29, 0.717) is 12.0 Å². The molecule has 0 radical (unpaired) electrons. The average molecular weight is 197 g/mol. The second kappa shape index (κ2) is 7.06. The first-order valence-corrected chi connectivity index (χ1v) is 4.68. The summed E-state index contributed by atoms with van der Waals surface area (Å²) in [6.45, 7) is 3.62. The number of amides is 1. The van der Waals surface area contributed by atoms with E-state index in [9.17, 15) is 9.18 Å². The van der Waals surface area contributed by atoms with Crippen molar-refractivity contribution in [2.45, 2.75) is 20.3 Å². The fraction of sp³-hybridized carbons (Fsp3) is 0.364. The molecule has 14 heavy (non-hydrogen) atoms. The molecule has 0 heterocycles. The van der Waals surface area contributed by atoms with E-state index in [1.807, 2.05) is 13.8 Å². The molecule has 3 heteroatoms. The minimum Gasteiger partial charge on any atom is -0.366 e. The van der Waals surface area contributed by atoms with E-state index < -0.39 is 5.91 Å². The summed E-state index contributed by atoms with van der Waals surface area (Å²) < 4.78 is 11.8. The molecular formula is C11H16FNO. The van der Waals surface area contributed by atoms with Crippen LogP contribution in [0.4, 0.5) is 4.39 Å². The summed E-state index contributed by atoms with van der Waals surface area (Å²) >= 11 is 0. The summed E-state index contributed by atoms with van der Waals surface area (Å²) in [5, 5.41) is 0. The molecule has 0 saturated carbocycles. The fourth-order valence-corrected chi connectivity index (χ4v) is 0.945. The second-order valence-corrected chi connectivity index (χ2v) is 2.50. The van der Waals surface area contributed by atoms with Crippen molar-refractivity contribution in [1.82, 2.24) is 0 Å². The van der Waals surface area contributed by atoms with Crippen LogP contribution in [-0.4, -0.2) is 12.6 Å². The summed E-state index contributed by atoms with van der Waals surface area (Å²) in [6.07, 6.45) is 0.388. The molecule has 78 valence electrons. The zero-order chi connectivity index (χ0) is 11.0. The molecule has 1 aromatic carbocycles. The van der Waals surface area contributed by atoms with E-state index in [1.165, 1.54) is 0 Å². The molecule has 1 aromatic rings. The highest BCUT2D eigenvalue weighted by Crippen LogP contribution is 2.04. The summed E-state index contributed by atoms with van der Waals surface area (Å²) in [6, 6.07) is 6.62. The van der Waals surface area contributed by atoms with Crippen molar-refractivity contribution in [3.63, 3.8) is 0 Å². The summed E-state index contributed by atoms with van der Waals surface area (Å²) in [7, 11) is 0. The van der Waals surface area contributed by atoms with Gasteiger partial charge in [0.25, 0.3) is 0 Å². The highest BCUT2D eigenvalue weighted by Gasteiger charge is 1.98. The van der Waals surface area contributed by atoms with Crippen LogP contribution in [0.1, 0.15) is 29.8 Å². The van der Waals surface area contributed by atoms with Gasteiger partial charge in [0.05, 0.1) is 6.67 Å². The van der Waals surface area contributed by atoms with E-state index in [4.69, 9.17) is 5.73 Å². The van der Waals surface area contributed by atoms with E-state index in [1.54, 1.807) is 24.3 Å². The molecule has 0 aliphatic rings. The first kappa shape index (κ1) is 12.6. The van der Waals surface area contributed by atoms with Crippen molar-refractivity contribution in [3.8, 4) is 0 Å².